The zero-order chi connectivity index (χ0) is 25.8. The summed E-state index contributed by atoms with van der Waals surface area (Å²) in [6, 6.07) is 10.3. The number of aliphatic imine (C=N–C) groups is 1. The summed E-state index contributed by atoms with van der Waals surface area (Å²) >= 11 is 15.8. The molecule has 0 saturated carbocycles. The minimum atomic E-state index is -2.99. The molecular formula is C23H19BrCl2F2N6O2. The number of piperidine rings is 1. The van der Waals surface area contributed by atoms with Gasteiger partial charge in [0.2, 0.25) is 11.9 Å². The van der Waals surface area contributed by atoms with Crippen molar-refractivity contribution in [1.82, 2.24) is 15.2 Å². The minimum Gasteiger partial charge on any atom is -0.435 e. The molecule has 2 atom stereocenters. The monoisotopic (exact) mass is 598 g/mol. The highest BCUT2D eigenvalue weighted by molar-refractivity contribution is 9.10. The number of nitriles is 1. The van der Waals surface area contributed by atoms with Crippen LogP contribution in [-0.4, -0.2) is 58.1 Å². The lowest BCUT2D eigenvalue weighted by Gasteiger charge is -2.35. The van der Waals surface area contributed by atoms with Gasteiger partial charge in [0, 0.05) is 18.2 Å². The Morgan fingerprint density at radius 1 is 1.28 bits per heavy atom. The Bertz CT molecular complexity index is 1260. The fraction of sp³-hybridized carbons (Fsp3) is 0.304. The predicted molar refractivity (Wildman–Crippen MR) is 136 cm³/mol. The van der Waals surface area contributed by atoms with E-state index in [1.807, 2.05) is 6.19 Å². The van der Waals surface area contributed by atoms with E-state index in [-0.39, 0.29) is 34.7 Å². The Hall–Kier alpha value is -2.94. The third-order valence-electron chi connectivity index (χ3n) is 5.58. The second kappa shape index (κ2) is 11.4. The summed E-state index contributed by atoms with van der Waals surface area (Å²) in [5, 5.41) is 18.7. The van der Waals surface area contributed by atoms with Crippen molar-refractivity contribution in [3.63, 3.8) is 0 Å². The van der Waals surface area contributed by atoms with E-state index in [2.05, 4.69) is 36.1 Å². The Morgan fingerprint density at radius 3 is 2.81 bits per heavy atom. The second-order valence-corrected chi connectivity index (χ2v) is 9.82. The molecule has 2 aromatic rings. The van der Waals surface area contributed by atoms with Crippen LogP contribution >= 0.6 is 39.1 Å². The molecule has 13 heteroatoms. The molecule has 8 nitrogen and oxygen atoms in total. The van der Waals surface area contributed by atoms with Crippen molar-refractivity contribution in [2.75, 3.05) is 13.1 Å². The summed E-state index contributed by atoms with van der Waals surface area (Å²) in [5.74, 6) is -0.0971. The Morgan fingerprint density at radius 2 is 2.08 bits per heavy atom. The lowest BCUT2D eigenvalue weighted by atomic mass is 9.99. The molecule has 2 heterocycles. The summed E-state index contributed by atoms with van der Waals surface area (Å²) in [6.07, 6.45) is 3.36. The van der Waals surface area contributed by atoms with Gasteiger partial charge in [0.25, 0.3) is 0 Å². The van der Waals surface area contributed by atoms with Gasteiger partial charge in [-0.15, -0.1) is 0 Å². The molecule has 2 unspecified atom stereocenters. The first-order valence-corrected chi connectivity index (χ1v) is 12.5. The van der Waals surface area contributed by atoms with Crippen LogP contribution in [0.4, 0.5) is 14.5 Å². The van der Waals surface area contributed by atoms with Gasteiger partial charge in [-0.05, 0) is 37.1 Å². The van der Waals surface area contributed by atoms with E-state index in [4.69, 9.17) is 23.2 Å². The van der Waals surface area contributed by atoms with E-state index < -0.39 is 12.7 Å². The number of nitrogens with zero attached hydrogens (tertiary/aromatic N) is 5. The van der Waals surface area contributed by atoms with E-state index >= 15 is 0 Å². The lowest BCUT2D eigenvalue weighted by Crippen LogP contribution is -2.52. The van der Waals surface area contributed by atoms with Crippen LogP contribution in [-0.2, 0) is 4.79 Å². The topological polar surface area (TPSA) is 93.3 Å². The normalized spacial score (nSPS) is 20.4. The second-order valence-electron chi connectivity index (χ2n) is 7.90. The highest BCUT2D eigenvalue weighted by atomic mass is 79.9. The van der Waals surface area contributed by atoms with Gasteiger partial charge in [-0.2, -0.15) is 19.1 Å². The number of halogens is 5. The summed E-state index contributed by atoms with van der Waals surface area (Å²) < 4.78 is 29.7. The molecule has 2 aromatic carbocycles. The van der Waals surface area contributed by atoms with Crippen molar-refractivity contribution >= 4 is 62.4 Å². The predicted octanol–water partition coefficient (Wildman–Crippen LogP) is 5.13. The standard InChI is InChI=1S/C23H19BrCl2F2N6O2/c24-16-5-2-8-33(21(16)35)19-11-34(32-20(19)13-6-7-17(25)18(26)9-13)23(30-12-29)31-14-3-1-4-15(10-14)36-22(27)28/h1,3-4,6-7,9-10,16,19,22H,2,5,8,11H2,(H,30,31). The molecule has 2 aliphatic heterocycles. The molecule has 0 spiro atoms. The molecule has 0 bridgehead atoms. The van der Waals surface area contributed by atoms with Gasteiger partial charge < -0.3 is 9.64 Å². The van der Waals surface area contributed by atoms with Crippen LogP contribution in [0.2, 0.25) is 10.0 Å². The van der Waals surface area contributed by atoms with Crippen LogP contribution in [0.3, 0.4) is 0 Å². The summed E-state index contributed by atoms with van der Waals surface area (Å²) in [5.41, 5.74) is 1.46. The lowest BCUT2D eigenvalue weighted by molar-refractivity contribution is -0.133. The van der Waals surface area contributed by atoms with Crippen molar-refractivity contribution in [3.05, 3.63) is 58.1 Å². The Balaban J connectivity index is 1.73. The van der Waals surface area contributed by atoms with E-state index in [0.29, 0.717) is 27.9 Å². The Labute approximate surface area is 224 Å². The van der Waals surface area contributed by atoms with Gasteiger partial charge in [0.1, 0.15) is 5.75 Å². The molecule has 188 valence electrons. The average molecular weight is 600 g/mol. The molecule has 1 saturated heterocycles. The zero-order valence-electron chi connectivity index (χ0n) is 18.5. The largest absolute Gasteiger partial charge is 0.435 e. The van der Waals surface area contributed by atoms with Crippen molar-refractivity contribution in [1.29, 1.82) is 5.26 Å². The zero-order valence-corrected chi connectivity index (χ0v) is 21.6. The van der Waals surface area contributed by atoms with Gasteiger partial charge in [0.05, 0.1) is 38.9 Å². The fourth-order valence-electron chi connectivity index (χ4n) is 3.99. The number of rotatable bonds is 5. The molecular weight excluding hydrogens is 581 g/mol. The first kappa shape index (κ1) is 26.1. The first-order valence-electron chi connectivity index (χ1n) is 10.8. The minimum absolute atomic E-state index is 0.0478. The third kappa shape index (κ3) is 5.88. The number of hydrogen-bond acceptors (Lipinski definition) is 5. The number of carbonyl (C=O) groups is 1. The molecule has 36 heavy (non-hydrogen) atoms. The molecule has 0 aromatic heterocycles. The van der Waals surface area contributed by atoms with E-state index in [1.165, 1.54) is 23.2 Å². The number of amides is 1. The van der Waals surface area contributed by atoms with Crippen LogP contribution in [0.5, 0.6) is 5.75 Å². The summed E-state index contributed by atoms with van der Waals surface area (Å²) in [7, 11) is 0. The van der Waals surface area contributed by atoms with Gasteiger partial charge in [-0.25, -0.2) is 10.0 Å². The molecule has 1 fully saturated rings. The molecule has 0 radical (unpaired) electrons. The van der Waals surface area contributed by atoms with Crippen molar-refractivity contribution in [3.8, 4) is 11.9 Å². The van der Waals surface area contributed by atoms with E-state index in [9.17, 15) is 18.8 Å². The number of hydrogen-bond donors (Lipinski definition) is 1. The number of likely N-dealkylation sites (tertiary alicyclic amines) is 1. The maximum absolute atomic E-state index is 13.0. The Kier molecular flexibility index (Phi) is 8.28. The van der Waals surface area contributed by atoms with Crippen molar-refractivity contribution in [2.45, 2.75) is 30.3 Å². The fourth-order valence-corrected chi connectivity index (χ4v) is 4.87. The number of ether oxygens (including phenoxy) is 1. The van der Waals surface area contributed by atoms with Crippen LogP contribution in [0.25, 0.3) is 0 Å². The molecule has 2 aliphatic rings. The number of guanidine groups is 1. The number of alkyl halides is 3. The van der Waals surface area contributed by atoms with Gasteiger partial charge in [-0.1, -0.05) is 51.3 Å². The van der Waals surface area contributed by atoms with Crippen LogP contribution in [0.1, 0.15) is 18.4 Å². The number of hydrazone groups is 1. The van der Waals surface area contributed by atoms with Crippen LogP contribution < -0.4 is 10.1 Å². The smallest absolute Gasteiger partial charge is 0.387 e. The average Bonchev–Trinajstić information content (AvgIpc) is 3.27. The quantitative estimate of drug-likeness (QED) is 0.169. The van der Waals surface area contributed by atoms with Crippen molar-refractivity contribution < 1.29 is 18.3 Å². The van der Waals surface area contributed by atoms with Crippen LogP contribution in [0.15, 0.2) is 52.6 Å². The maximum Gasteiger partial charge on any atom is 0.387 e. The first-order chi connectivity index (χ1) is 17.3. The molecule has 1 amide bonds. The molecule has 1 N–H and O–H groups in total. The summed E-state index contributed by atoms with van der Waals surface area (Å²) in [6.45, 7) is -2.26. The van der Waals surface area contributed by atoms with Gasteiger partial charge in [-0.3, -0.25) is 10.1 Å². The summed E-state index contributed by atoms with van der Waals surface area (Å²) in [4.78, 5) is 18.8. The highest BCUT2D eigenvalue weighted by Gasteiger charge is 2.40. The van der Waals surface area contributed by atoms with Crippen LogP contribution in [0, 0.1) is 11.5 Å². The third-order valence-corrected chi connectivity index (χ3v) is 7.17. The maximum atomic E-state index is 13.0. The van der Waals surface area contributed by atoms with Gasteiger partial charge >= 0.3 is 6.61 Å². The molecule has 4 rings (SSSR count). The SMILES string of the molecule is N#CNC(=Nc1cccc(OC(F)F)c1)N1CC(N2CCCC(Br)C2=O)C(c2ccc(Cl)c(Cl)c2)=N1. The number of nitrogens with one attached hydrogen (secondary N) is 1. The highest BCUT2D eigenvalue weighted by Crippen LogP contribution is 2.30. The molecule has 0 aliphatic carbocycles. The van der Waals surface area contributed by atoms with Gasteiger partial charge in [0.15, 0.2) is 6.19 Å². The number of carbonyl (C=O) groups excluding carboxylic acids is 1. The van der Waals surface area contributed by atoms with Crippen molar-refractivity contribution in [2.24, 2.45) is 10.1 Å². The number of benzene rings is 2. The van der Waals surface area contributed by atoms with E-state index in [1.54, 1.807) is 29.2 Å². The van der Waals surface area contributed by atoms with E-state index in [0.717, 1.165) is 12.8 Å².